The van der Waals surface area contributed by atoms with Gasteiger partial charge in [0.2, 0.25) is 0 Å². The van der Waals surface area contributed by atoms with Crippen LogP contribution in [0.1, 0.15) is 28.5 Å². The van der Waals surface area contributed by atoms with Gasteiger partial charge in [-0.25, -0.2) is 0 Å². The Kier molecular flexibility index (Phi) is 5.53. The first-order valence-corrected chi connectivity index (χ1v) is 10.6. The van der Waals surface area contributed by atoms with E-state index < -0.39 is 11.9 Å². The van der Waals surface area contributed by atoms with E-state index in [1.165, 1.54) is 0 Å². The van der Waals surface area contributed by atoms with Gasteiger partial charge in [-0.2, -0.15) is 0 Å². The molecule has 0 bridgehead atoms. The maximum absolute atomic E-state index is 7.04. The Balaban J connectivity index is 1.74. The third-order valence-corrected chi connectivity index (χ3v) is 5.60. The average molecular weight is 408 g/mol. The molecule has 5 rings (SSSR count). The lowest BCUT2D eigenvalue weighted by Crippen LogP contribution is -2.36. The zero-order valence-corrected chi connectivity index (χ0v) is 17.2. The van der Waals surface area contributed by atoms with Crippen molar-refractivity contribution in [1.82, 2.24) is 0 Å². The second-order valence-electron chi connectivity index (χ2n) is 7.49. The highest BCUT2D eigenvalue weighted by Crippen LogP contribution is 2.43. The van der Waals surface area contributed by atoms with Crippen LogP contribution in [0.2, 0.25) is 0 Å². The largest absolute Gasteiger partial charge is 0.473 e. The van der Waals surface area contributed by atoms with Crippen LogP contribution in [0.5, 0.6) is 5.75 Å². The predicted octanol–water partition coefficient (Wildman–Crippen LogP) is 6.10. The van der Waals surface area contributed by atoms with Gasteiger partial charge in [0.15, 0.2) is 11.9 Å². The number of benzene rings is 4. The molecule has 0 aliphatic carbocycles. The minimum Gasteiger partial charge on any atom is -0.473 e. The number of para-hydroxylation sites is 1. The third-order valence-electron chi connectivity index (χ3n) is 5.60. The molecule has 1 fully saturated rings. The van der Waals surface area contributed by atoms with Crippen molar-refractivity contribution in [3.05, 3.63) is 138 Å². The van der Waals surface area contributed by atoms with Crippen LogP contribution in [0, 0.1) is 0 Å². The van der Waals surface area contributed by atoms with Crippen molar-refractivity contribution in [2.75, 3.05) is 13.2 Å². The van der Waals surface area contributed by atoms with Crippen LogP contribution < -0.4 is 4.74 Å². The van der Waals surface area contributed by atoms with E-state index in [2.05, 4.69) is 72.8 Å². The van der Waals surface area contributed by atoms with E-state index in [1.807, 2.05) is 42.5 Å². The van der Waals surface area contributed by atoms with Gasteiger partial charge in [0.25, 0.3) is 0 Å². The standard InChI is InChI=1S/C28H24O3/c1-4-12-22(13-5-1)28(23-14-6-2-7-15-23,24-16-8-3-9-17-24)31-26-19-11-10-18-25(26)27-29-20-21-30-27/h1-19,27H,20-21H2. The fraction of sp³-hybridized carbons (Fsp3) is 0.143. The van der Waals surface area contributed by atoms with Crippen molar-refractivity contribution in [3.63, 3.8) is 0 Å². The Morgan fingerprint density at radius 1 is 0.548 bits per heavy atom. The normalized spacial score (nSPS) is 14.5. The van der Waals surface area contributed by atoms with E-state index in [1.54, 1.807) is 0 Å². The predicted molar refractivity (Wildman–Crippen MR) is 121 cm³/mol. The number of hydrogen-bond donors (Lipinski definition) is 0. The highest BCUT2D eigenvalue weighted by Gasteiger charge is 2.40. The highest BCUT2D eigenvalue weighted by atomic mass is 16.7. The lowest BCUT2D eigenvalue weighted by molar-refractivity contribution is -0.0469. The molecule has 0 aromatic heterocycles. The van der Waals surface area contributed by atoms with Gasteiger partial charge < -0.3 is 14.2 Å². The Hall–Kier alpha value is -3.40. The monoisotopic (exact) mass is 408 g/mol. The van der Waals surface area contributed by atoms with Crippen molar-refractivity contribution in [2.24, 2.45) is 0 Å². The summed E-state index contributed by atoms with van der Waals surface area (Å²) in [6.07, 6.45) is -0.420. The van der Waals surface area contributed by atoms with E-state index in [4.69, 9.17) is 14.2 Å². The maximum atomic E-state index is 7.04. The quantitative estimate of drug-likeness (QED) is 0.361. The van der Waals surface area contributed by atoms with Crippen LogP contribution in [-0.4, -0.2) is 13.2 Å². The first-order valence-electron chi connectivity index (χ1n) is 10.6. The molecule has 0 amide bonds. The minimum atomic E-state index is -0.835. The highest BCUT2D eigenvalue weighted by molar-refractivity contribution is 5.50. The van der Waals surface area contributed by atoms with E-state index in [9.17, 15) is 0 Å². The van der Waals surface area contributed by atoms with E-state index in [0.29, 0.717) is 13.2 Å². The molecule has 1 heterocycles. The average Bonchev–Trinajstić information content (AvgIpc) is 3.39. The van der Waals surface area contributed by atoms with Gasteiger partial charge in [-0.1, -0.05) is 109 Å². The summed E-state index contributed by atoms with van der Waals surface area (Å²) in [6.45, 7) is 1.17. The van der Waals surface area contributed by atoms with Crippen LogP contribution in [-0.2, 0) is 15.1 Å². The van der Waals surface area contributed by atoms with E-state index >= 15 is 0 Å². The molecule has 154 valence electrons. The molecule has 3 nitrogen and oxygen atoms in total. The van der Waals surface area contributed by atoms with Crippen LogP contribution >= 0.6 is 0 Å². The van der Waals surface area contributed by atoms with Crippen LogP contribution in [0.15, 0.2) is 115 Å². The second kappa shape index (κ2) is 8.76. The molecule has 0 unspecified atom stereocenters. The van der Waals surface area contributed by atoms with Crippen molar-refractivity contribution >= 4 is 0 Å². The molecule has 0 saturated carbocycles. The summed E-state index contributed by atoms with van der Waals surface area (Å²) < 4.78 is 18.7. The summed E-state index contributed by atoms with van der Waals surface area (Å²) in [5, 5.41) is 0. The lowest BCUT2D eigenvalue weighted by Gasteiger charge is -2.37. The molecule has 4 aromatic carbocycles. The molecule has 0 radical (unpaired) electrons. The summed E-state index contributed by atoms with van der Waals surface area (Å²) in [7, 11) is 0. The SMILES string of the molecule is c1ccc(C(Oc2ccccc2C2OCCO2)(c2ccccc2)c2ccccc2)cc1. The maximum Gasteiger partial charge on any atom is 0.187 e. The van der Waals surface area contributed by atoms with Crippen molar-refractivity contribution < 1.29 is 14.2 Å². The van der Waals surface area contributed by atoms with Crippen LogP contribution in [0.3, 0.4) is 0 Å². The van der Waals surface area contributed by atoms with Crippen molar-refractivity contribution in [3.8, 4) is 5.75 Å². The molecular weight excluding hydrogens is 384 g/mol. The van der Waals surface area contributed by atoms with Gasteiger partial charge >= 0.3 is 0 Å². The molecule has 1 aliphatic heterocycles. The lowest BCUT2D eigenvalue weighted by atomic mass is 9.80. The van der Waals surface area contributed by atoms with Crippen molar-refractivity contribution in [2.45, 2.75) is 11.9 Å². The van der Waals surface area contributed by atoms with Gasteiger partial charge in [0, 0.05) is 22.3 Å². The molecule has 1 aliphatic rings. The summed E-state index contributed by atoms with van der Waals surface area (Å²) in [5.74, 6) is 0.742. The summed E-state index contributed by atoms with van der Waals surface area (Å²) >= 11 is 0. The minimum absolute atomic E-state index is 0.420. The summed E-state index contributed by atoms with van der Waals surface area (Å²) in [4.78, 5) is 0. The fourth-order valence-corrected chi connectivity index (χ4v) is 4.17. The van der Waals surface area contributed by atoms with Gasteiger partial charge in [-0.05, 0) is 6.07 Å². The second-order valence-corrected chi connectivity index (χ2v) is 7.49. The number of hydrogen-bond acceptors (Lipinski definition) is 3. The molecular formula is C28H24O3. The number of rotatable bonds is 6. The third kappa shape index (κ3) is 3.74. The summed E-state index contributed by atoms with van der Waals surface area (Å²) in [6, 6.07) is 39.1. The van der Waals surface area contributed by atoms with Gasteiger partial charge in [-0.3, -0.25) is 0 Å². The zero-order chi connectivity index (χ0) is 20.9. The van der Waals surface area contributed by atoms with Gasteiger partial charge in [0.05, 0.1) is 13.2 Å². The van der Waals surface area contributed by atoms with Crippen LogP contribution in [0.4, 0.5) is 0 Å². The molecule has 0 spiro atoms. The smallest absolute Gasteiger partial charge is 0.187 e. The first kappa shape index (κ1) is 19.6. The fourth-order valence-electron chi connectivity index (χ4n) is 4.17. The molecule has 0 atom stereocenters. The van der Waals surface area contributed by atoms with Gasteiger partial charge in [-0.15, -0.1) is 0 Å². The van der Waals surface area contributed by atoms with Gasteiger partial charge in [0.1, 0.15) is 5.75 Å². The molecule has 3 heteroatoms. The van der Waals surface area contributed by atoms with Crippen molar-refractivity contribution in [1.29, 1.82) is 0 Å². The zero-order valence-electron chi connectivity index (χ0n) is 17.2. The Bertz CT molecular complexity index is 1010. The molecule has 1 saturated heterocycles. The first-order chi connectivity index (χ1) is 15.4. The summed E-state index contributed by atoms with van der Waals surface area (Å²) in [5.41, 5.74) is 3.21. The van der Waals surface area contributed by atoms with E-state index in [-0.39, 0.29) is 0 Å². The number of ether oxygens (including phenoxy) is 3. The van der Waals surface area contributed by atoms with E-state index in [0.717, 1.165) is 28.0 Å². The Morgan fingerprint density at radius 3 is 1.45 bits per heavy atom. The Labute approximate surface area is 182 Å². The Morgan fingerprint density at radius 2 is 0.968 bits per heavy atom. The molecule has 0 N–H and O–H groups in total. The topological polar surface area (TPSA) is 27.7 Å². The van der Waals surface area contributed by atoms with Crippen LogP contribution in [0.25, 0.3) is 0 Å². The molecule has 4 aromatic rings. The molecule has 31 heavy (non-hydrogen) atoms.